The number of rotatable bonds is 3. The number of fused-ring (bicyclic) bond motifs is 1. The van der Waals surface area contributed by atoms with Crippen LogP contribution in [0.2, 0.25) is 0 Å². The topological polar surface area (TPSA) is 79.3 Å². The van der Waals surface area contributed by atoms with Gasteiger partial charge in [-0.2, -0.15) is 4.31 Å². The number of hydrogen-bond acceptors (Lipinski definition) is 6. The van der Waals surface area contributed by atoms with E-state index >= 15 is 0 Å². The second kappa shape index (κ2) is 6.88. The average molecular weight is 377 g/mol. The van der Waals surface area contributed by atoms with Crippen molar-refractivity contribution >= 4 is 16.0 Å². The molecule has 2 atom stereocenters. The third-order valence-corrected chi connectivity index (χ3v) is 7.51. The molecule has 0 spiro atoms. The predicted octanol–water partition coefficient (Wildman–Crippen LogP) is 1.44. The van der Waals surface area contributed by atoms with Gasteiger partial charge < -0.3 is 4.90 Å². The number of aromatic nitrogens is 3. The van der Waals surface area contributed by atoms with Crippen LogP contribution in [0.4, 0.5) is 10.3 Å². The second-order valence-electron chi connectivity index (χ2n) is 6.76. The summed E-state index contributed by atoms with van der Waals surface area (Å²) in [5.74, 6) is 0.0622. The molecule has 0 bridgehead atoms. The first kappa shape index (κ1) is 17.3. The van der Waals surface area contributed by atoms with E-state index in [4.69, 9.17) is 0 Å². The molecule has 0 N–H and O–H groups in total. The maximum atomic E-state index is 13.0. The van der Waals surface area contributed by atoms with Crippen molar-refractivity contribution in [2.45, 2.75) is 24.6 Å². The second-order valence-corrected chi connectivity index (χ2v) is 8.91. The van der Waals surface area contributed by atoms with Crippen LogP contribution in [0.5, 0.6) is 0 Å². The Hall–Kier alpha value is -2.13. The zero-order chi connectivity index (χ0) is 18.1. The highest BCUT2D eigenvalue weighted by Gasteiger charge is 2.46. The molecule has 4 heterocycles. The van der Waals surface area contributed by atoms with E-state index in [9.17, 15) is 12.8 Å². The van der Waals surface area contributed by atoms with E-state index in [1.165, 1.54) is 0 Å². The van der Waals surface area contributed by atoms with Crippen LogP contribution in [0.25, 0.3) is 0 Å². The average Bonchev–Trinajstić information content (AvgIpc) is 2.78. The summed E-state index contributed by atoms with van der Waals surface area (Å²) < 4.78 is 40.6. The molecule has 2 saturated heterocycles. The van der Waals surface area contributed by atoms with Crippen molar-refractivity contribution in [3.8, 4) is 0 Å². The van der Waals surface area contributed by atoms with Gasteiger partial charge in [-0.1, -0.05) is 6.07 Å². The summed E-state index contributed by atoms with van der Waals surface area (Å²) >= 11 is 0. The molecule has 0 aliphatic carbocycles. The number of sulfonamides is 1. The molecule has 0 unspecified atom stereocenters. The Bertz CT molecular complexity index is 862. The fourth-order valence-electron chi connectivity index (χ4n) is 3.81. The summed E-state index contributed by atoms with van der Waals surface area (Å²) in [6, 6.07) is 3.71. The molecule has 9 heteroatoms. The maximum absolute atomic E-state index is 13.0. The number of nitrogens with zero attached hydrogens (tertiary/aromatic N) is 5. The molecule has 138 valence electrons. The minimum Gasteiger partial charge on any atom is -0.341 e. The van der Waals surface area contributed by atoms with Gasteiger partial charge in [0.05, 0.1) is 17.6 Å². The Morgan fingerprint density at radius 1 is 1.15 bits per heavy atom. The Morgan fingerprint density at radius 2 is 1.92 bits per heavy atom. The van der Waals surface area contributed by atoms with Crippen molar-refractivity contribution in [1.29, 1.82) is 0 Å². The number of anilines is 1. The molecule has 0 saturated carbocycles. The highest BCUT2D eigenvalue weighted by atomic mass is 32.2. The van der Waals surface area contributed by atoms with Gasteiger partial charge in [-0.05, 0) is 30.4 Å². The van der Waals surface area contributed by atoms with Crippen LogP contribution in [0.15, 0.2) is 36.9 Å². The zero-order valence-corrected chi connectivity index (χ0v) is 15.0. The summed E-state index contributed by atoms with van der Waals surface area (Å²) in [5, 5.41) is -0.385. The molecule has 2 aromatic rings. The number of halogens is 1. The van der Waals surface area contributed by atoms with Crippen molar-refractivity contribution in [3.63, 3.8) is 0 Å². The first-order valence-electron chi connectivity index (χ1n) is 8.64. The van der Waals surface area contributed by atoms with Crippen molar-refractivity contribution in [2.75, 3.05) is 24.5 Å². The lowest BCUT2D eigenvalue weighted by atomic mass is 10.0. The molecule has 2 fully saturated rings. The van der Waals surface area contributed by atoms with E-state index in [1.807, 2.05) is 17.0 Å². The van der Waals surface area contributed by atoms with Crippen LogP contribution >= 0.6 is 0 Å². The van der Waals surface area contributed by atoms with Gasteiger partial charge in [0.25, 0.3) is 0 Å². The lowest BCUT2D eigenvalue weighted by Gasteiger charge is -2.21. The van der Waals surface area contributed by atoms with Crippen molar-refractivity contribution in [2.24, 2.45) is 5.92 Å². The predicted molar refractivity (Wildman–Crippen MR) is 94.3 cm³/mol. The number of hydrogen-bond donors (Lipinski definition) is 0. The van der Waals surface area contributed by atoms with Crippen LogP contribution < -0.4 is 4.90 Å². The van der Waals surface area contributed by atoms with Gasteiger partial charge >= 0.3 is 0 Å². The highest BCUT2D eigenvalue weighted by Crippen LogP contribution is 2.35. The first-order chi connectivity index (χ1) is 12.5. The molecule has 26 heavy (non-hydrogen) atoms. The molecule has 2 aliphatic rings. The van der Waals surface area contributed by atoms with Gasteiger partial charge in [0.15, 0.2) is 5.82 Å². The van der Waals surface area contributed by atoms with Crippen LogP contribution in [0.1, 0.15) is 18.4 Å². The lowest BCUT2D eigenvalue weighted by Crippen LogP contribution is -2.32. The van der Waals surface area contributed by atoms with Crippen LogP contribution in [0.3, 0.4) is 0 Å². The van der Waals surface area contributed by atoms with Crippen molar-refractivity contribution in [3.05, 3.63) is 48.3 Å². The van der Waals surface area contributed by atoms with Gasteiger partial charge in [-0.25, -0.2) is 22.8 Å². The van der Waals surface area contributed by atoms with E-state index in [1.54, 1.807) is 16.7 Å². The molecule has 2 aliphatic heterocycles. The summed E-state index contributed by atoms with van der Waals surface area (Å²) in [6.45, 7) is 2.11. The van der Waals surface area contributed by atoms with Gasteiger partial charge in [-0.15, -0.1) is 0 Å². The van der Waals surface area contributed by atoms with E-state index in [-0.39, 0.29) is 11.2 Å². The Labute approximate surface area is 152 Å². The minimum absolute atomic E-state index is 0.0853. The fourth-order valence-corrected chi connectivity index (χ4v) is 6.04. The fraction of sp³-hybridized carbons (Fsp3) is 0.471. The lowest BCUT2D eigenvalue weighted by molar-refractivity contribution is 0.381. The Morgan fingerprint density at radius 3 is 2.65 bits per heavy atom. The third kappa shape index (κ3) is 3.28. The number of pyridine rings is 1. The zero-order valence-electron chi connectivity index (χ0n) is 14.2. The third-order valence-electron chi connectivity index (χ3n) is 5.13. The van der Waals surface area contributed by atoms with E-state index in [2.05, 4.69) is 15.0 Å². The van der Waals surface area contributed by atoms with E-state index in [0.29, 0.717) is 38.5 Å². The molecule has 0 aromatic carbocycles. The first-order valence-corrected chi connectivity index (χ1v) is 10.1. The van der Waals surface area contributed by atoms with Crippen molar-refractivity contribution in [1.82, 2.24) is 19.3 Å². The normalized spacial score (nSPS) is 25.7. The summed E-state index contributed by atoms with van der Waals surface area (Å²) in [5.41, 5.74) is 0.897. The minimum atomic E-state index is -3.34. The standard InChI is InChI=1S/C17H20FN5O2S/c18-15-9-20-17(21-10-15)22-6-3-14-12-23(11-13-2-1-5-19-8-13)26(24,25)16(14)4-7-22/h1-2,5,8-10,14,16H,3-4,6-7,11-12H2/t14-,16+/m0/s1. The molecular formula is C17H20FN5O2S. The molecule has 2 aromatic heterocycles. The Balaban J connectivity index is 1.48. The quantitative estimate of drug-likeness (QED) is 0.805. The highest BCUT2D eigenvalue weighted by molar-refractivity contribution is 7.90. The molecule has 0 amide bonds. The summed E-state index contributed by atoms with van der Waals surface area (Å²) in [4.78, 5) is 14.0. The molecule has 7 nitrogen and oxygen atoms in total. The van der Waals surface area contributed by atoms with Gasteiger partial charge in [0.1, 0.15) is 0 Å². The SMILES string of the molecule is O=S1(=O)[C@@H]2CCN(c3ncc(F)cn3)CC[C@H]2CN1Cc1cccnc1. The van der Waals surface area contributed by atoms with Crippen LogP contribution in [-0.2, 0) is 16.6 Å². The van der Waals surface area contributed by atoms with Gasteiger partial charge in [0.2, 0.25) is 16.0 Å². The monoisotopic (exact) mass is 377 g/mol. The molecule has 4 rings (SSSR count). The van der Waals surface area contributed by atoms with Crippen LogP contribution in [-0.4, -0.2) is 52.6 Å². The largest absolute Gasteiger partial charge is 0.341 e. The maximum Gasteiger partial charge on any atom is 0.225 e. The van der Waals surface area contributed by atoms with Gasteiger partial charge in [0, 0.05) is 38.6 Å². The Kier molecular flexibility index (Phi) is 4.58. The van der Waals surface area contributed by atoms with Gasteiger partial charge in [-0.3, -0.25) is 4.98 Å². The molecular weight excluding hydrogens is 357 g/mol. The van der Waals surface area contributed by atoms with E-state index in [0.717, 1.165) is 24.4 Å². The summed E-state index contributed by atoms with van der Waals surface area (Å²) in [6.07, 6.45) is 6.93. The van der Waals surface area contributed by atoms with E-state index < -0.39 is 15.8 Å². The smallest absolute Gasteiger partial charge is 0.225 e. The van der Waals surface area contributed by atoms with Crippen LogP contribution in [0, 0.1) is 11.7 Å². The van der Waals surface area contributed by atoms with Crippen molar-refractivity contribution < 1.29 is 12.8 Å². The summed E-state index contributed by atoms with van der Waals surface area (Å²) in [7, 11) is -3.34. The molecule has 0 radical (unpaired) electrons.